The molecule has 3 rings (SSSR count). The van der Waals surface area contributed by atoms with E-state index >= 15 is 0 Å². The van der Waals surface area contributed by atoms with Crippen LogP contribution in [-0.2, 0) is 9.53 Å². The number of aromatic nitrogens is 1. The van der Waals surface area contributed by atoms with E-state index in [4.69, 9.17) is 19.2 Å². The number of hydrogen-bond donors (Lipinski definition) is 1. The lowest BCUT2D eigenvalue weighted by atomic mass is 10.1. The third-order valence-electron chi connectivity index (χ3n) is 4.11. The molecular weight excluding hydrogens is 422 g/mol. The monoisotopic (exact) mass is 443 g/mol. The molecule has 0 saturated heterocycles. The normalized spacial score (nSPS) is 11.2. The first-order chi connectivity index (χ1) is 14.6. The van der Waals surface area contributed by atoms with E-state index in [2.05, 4.69) is 0 Å². The van der Waals surface area contributed by atoms with Gasteiger partial charge in [-0.05, 0) is 72.8 Å². The second kappa shape index (κ2) is 10.2. The number of rotatable bonds is 8. The number of hydrogen-bond acceptors (Lipinski definition) is 8. The maximum atomic E-state index is 12.0. The van der Waals surface area contributed by atoms with E-state index in [-0.39, 0.29) is 11.5 Å². The molecule has 0 aliphatic heterocycles. The SMILES string of the molecule is CCOC(=O)/C(=C\O)Sc1nc(-c2ccc(OC)cc2)c(-c2ccc(OC)cc2)s1. The van der Waals surface area contributed by atoms with Crippen molar-refractivity contribution in [1.29, 1.82) is 0 Å². The van der Waals surface area contributed by atoms with Crippen LogP contribution in [0.5, 0.6) is 11.5 Å². The number of carbonyl (C=O) groups excluding carboxylic acids is 1. The van der Waals surface area contributed by atoms with E-state index in [0.717, 1.165) is 51.2 Å². The number of benzene rings is 2. The van der Waals surface area contributed by atoms with Crippen molar-refractivity contribution in [3.63, 3.8) is 0 Å². The maximum absolute atomic E-state index is 12.0. The van der Waals surface area contributed by atoms with Crippen LogP contribution in [0.1, 0.15) is 6.92 Å². The predicted molar refractivity (Wildman–Crippen MR) is 119 cm³/mol. The molecule has 3 aromatic rings. The number of aliphatic hydroxyl groups excluding tert-OH is 1. The van der Waals surface area contributed by atoms with Crippen LogP contribution in [0.15, 0.2) is 64.0 Å². The summed E-state index contributed by atoms with van der Waals surface area (Å²) in [6.45, 7) is 1.94. The van der Waals surface area contributed by atoms with Crippen molar-refractivity contribution < 1.29 is 24.1 Å². The Hall–Kier alpha value is -2.97. The lowest BCUT2D eigenvalue weighted by molar-refractivity contribution is -0.137. The third kappa shape index (κ3) is 4.95. The van der Waals surface area contributed by atoms with Gasteiger partial charge in [0, 0.05) is 5.56 Å². The topological polar surface area (TPSA) is 77.9 Å². The second-order valence-electron chi connectivity index (χ2n) is 5.93. The predicted octanol–water partition coefficient (Wildman–Crippen LogP) is 5.55. The molecule has 8 heteroatoms. The molecule has 0 bridgehead atoms. The van der Waals surface area contributed by atoms with Gasteiger partial charge >= 0.3 is 5.97 Å². The molecule has 0 aliphatic carbocycles. The summed E-state index contributed by atoms with van der Waals surface area (Å²) in [6, 6.07) is 15.3. The van der Waals surface area contributed by atoms with Crippen LogP contribution < -0.4 is 9.47 Å². The zero-order valence-corrected chi connectivity index (χ0v) is 18.4. The van der Waals surface area contributed by atoms with Gasteiger partial charge in [-0.25, -0.2) is 9.78 Å². The number of carbonyl (C=O) groups is 1. The van der Waals surface area contributed by atoms with Crippen molar-refractivity contribution in [2.24, 2.45) is 0 Å². The quantitative estimate of drug-likeness (QED) is 0.212. The summed E-state index contributed by atoms with van der Waals surface area (Å²) in [6.07, 6.45) is 0.754. The van der Waals surface area contributed by atoms with E-state index in [9.17, 15) is 9.90 Å². The standard InChI is InChI=1S/C22H21NO5S2/c1-4-28-21(25)18(13-24)29-22-23-19(14-5-9-16(26-2)10-6-14)20(30-22)15-7-11-17(27-3)12-8-15/h5-13,24H,4H2,1-3H3/b18-13+. The van der Waals surface area contributed by atoms with Gasteiger partial charge in [0.25, 0.3) is 0 Å². The van der Waals surface area contributed by atoms with Gasteiger partial charge < -0.3 is 19.3 Å². The van der Waals surface area contributed by atoms with Gasteiger partial charge in [-0.3, -0.25) is 0 Å². The highest BCUT2D eigenvalue weighted by atomic mass is 32.2. The minimum Gasteiger partial charge on any atom is -0.514 e. The maximum Gasteiger partial charge on any atom is 0.348 e. The summed E-state index contributed by atoms with van der Waals surface area (Å²) < 4.78 is 16.1. The Bertz CT molecular complexity index is 962. The molecule has 156 valence electrons. The molecule has 0 atom stereocenters. The van der Waals surface area contributed by atoms with Crippen LogP contribution in [-0.4, -0.2) is 36.9 Å². The van der Waals surface area contributed by atoms with Gasteiger partial charge in [-0.2, -0.15) is 0 Å². The minimum absolute atomic E-state index is 0.0770. The van der Waals surface area contributed by atoms with E-state index < -0.39 is 5.97 Å². The molecule has 0 unspecified atom stereocenters. The van der Waals surface area contributed by atoms with Gasteiger partial charge in [0.1, 0.15) is 22.7 Å². The van der Waals surface area contributed by atoms with Crippen molar-refractivity contribution in [3.05, 3.63) is 59.7 Å². The number of nitrogens with zero attached hydrogens (tertiary/aromatic N) is 1. The third-order valence-corrected chi connectivity index (χ3v) is 6.27. The Morgan fingerprint density at radius 1 is 1.03 bits per heavy atom. The number of esters is 1. The lowest BCUT2D eigenvalue weighted by Gasteiger charge is -2.05. The highest BCUT2D eigenvalue weighted by molar-refractivity contribution is 8.05. The van der Waals surface area contributed by atoms with Crippen LogP contribution in [0.3, 0.4) is 0 Å². The first-order valence-electron chi connectivity index (χ1n) is 9.08. The largest absolute Gasteiger partial charge is 0.514 e. The van der Waals surface area contributed by atoms with Gasteiger partial charge in [-0.1, -0.05) is 0 Å². The second-order valence-corrected chi connectivity index (χ2v) is 8.22. The molecule has 30 heavy (non-hydrogen) atoms. The van der Waals surface area contributed by atoms with Crippen molar-refractivity contribution >= 4 is 29.1 Å². The summed E-state index contributed by atoms with van der Waals surface area (Å²) in [5.74, 6) is 0.927. The van der Waals surface area contributed by atoms with E-state index in [0.29, 0.717) is 4.34 Å². The highest BCUT2D eigenvalue weighted by Crippen LogP contribution is 2.42. The summed E-state index contributed by atoms with van der Waals surface area (Å²) in [4.78, 5) is 17.8. The van der Waals surface area contributed by atoms with Crippen LogP contribution in [0.4, 0.5) is 0 Å². The van der Waals surface area contributed by atoms with Gasteiger partial charge in [-0.15, -0.1) is 11.3 Å². The number of methoxy groups -OCH3 is 2. The molecule has 6 nitrogen and oxygen atoms in total. The average Bonchev–Trinajstić information content (AvgIpc) is 3.21. The molecule has 0 saturated carbocycles. The molecule has 0 radical (unpaired) electrons. The Kier molecular flexibility index (Phi) is 7.37. The summed E-state index contributed by atoms with van der Waals surface area (Å²) >= 11 is 2.50. The van der Waals surface area contributed by atoms with Crippen LogP contribution in [0.25, 0.3) is 21.7 Å². The number of ether oxygens (including phenoxy) is 3. The Labute approximate surface area is 183 Å². The van der Waals surface area contributed by atoms with E-state index in [1.807, 2.05) is 48.5 Å². The van der Waals surface area contributed by atoms with Gasteiger partial charge in [0.15, 0.2) is 4.34 Å². The molecular formula is C22H21NO5S2. The fraction of sp³-hybridized carbons (Fsp3) is 0.182. The molecule has 0 amide bonds. The Balaban J connectivity index is 2.02. The van der Waals surface area contributed by atoms with E-state index in [1.54, 1.807) is 21.1 Å². The van der Waals surface area contributed by atoms with Crippen molar-refractivity contribution in [2.75, 3.05) is 20.8 Å². The van der Waals surface area contributed by atoms with Gasteiger partial charge in [0.05, 0.1) is 31.4 Å². The van der Waals surface area contributed by atoms with Crippen molar-refractivity contribution in [2.45, 2.75) is 11.3 Å². The molecule has 0 spiro atoms. The first kappa shape index (κ1) is 21.7. The molecule has 1 heterocycles. The lowest BCUT2D eigenvalue weighted by Crippen LogP contribution is -2.05. The summed E-state index contributed by atoms with van der Waals surface area (Å²) in [5.41, 5.74) is 2.66. The highest BCUT2D eigenvalue weighted by Gasteiger charge is 2.20. The first-order valence-corrected chi connectivity index (χ1v) is 10.7. The average molecular weight is 444 g/mol. The molecule has 1 aromatic heterocycles. The zero-order valence-electron chi connectivity index (χ0n) is 16.7. The fourth-order valence-electron chi connectivity index (χ4n) is 2.64. The van der Waals surface area contributed by atoms with Crippen molar-refractivity contribution in [3.8, 4) is 33.2 Å². The van der Waals surface area contributed by atoms with Gasteiger partial charge in [0.2, 0.25) is 0 Å². The molecule has 2 aromatic carbocycles. The number of aliphatic hydroxyl groups is 1. The molecule has 1 N–H and O–H groups in total. The van der Waals surface area contributed by atoms with Crippen LogP contribution >= 0.6 is 23.1 Å². The van der Waals surface area contributed by atoms with Crippen LogP contribution in [0, 0.1) is 0 Å². The fourth-order valence-corrected chi connectivity index (χ4v) is 4.68. The summed E-state index contributed by atoms with van der Waals surface area (Å²) in [7, 11) is 3.24. The number of thiazole rings is 1. The molecule has 0 fully saturated rings. The number of thioether (sulfide) groups is 1. The van der Waals surface area contributed by atoms with E-state index in [1.165, 1.54) is 11.3 Å². The smallest absolute Gasteiger partial charge is 0.348 e. The van der Waals surface area contributed by atoms with Crippen molar-refractivity contribution in [1.82, 2.24) is 4.98 Å². The Morgan fingerprint density at radius 3 is 2.10 bits per heavy atom. The Morgan fingerprint density at radius 2 is 1.60 bits per heavy atom. The van der Waals surface area contributed by atoms with Crippen LogP contribution in [0.2, 0.25) is 0 Å². The summed E-state index contributed by atoms with van der Waals surface area (Å²) in [5, 5.41) is 9.48. The molecule has 0 aliphatic rings. The zero-order chi connectivity index (χ0) is 21.5. The minimum atomic E-state index is -0.586.